The summed E-state index contributed by atoms with van der Waals surface area (Å²) >= 11 is 0. The Morgan fingerprint density at radius 1 is 1.30 bits per heavy atom. The van der Waals surface area contributed by atoms with Gasteiger partial charge in [0.05, 0.1) is 0 Å². The molecule has 1 aliphatic carbocycles. The zero-order valence-electron chi connectivity index (χ0n) is 11.2. The molecule has 0 radical (unpaired) electrons. The Morgan fingerprint density at radius 2 is 2.05 bits per heavy atom. The minimum atomic E-state index is -0.950. The van der Waals surface area contributed by atoms with Crippen molar-refractivity contribution in [1.82, 2.24) is 10.2 Å². The first-order chi connectivity index (χ1) is 9.66. The Bertz CT molecular complexity index is 540. The topological polar surface area (TPSA) is 69.6 Å². The van der Waals surface area contributed by atoms with Crippen molar-refractivity contribution in [3.05, 3.63) is 35.4 Å². The lowest BCUT2D eigenvalue weighted by Crippen LogP contribution is -2.46. The van der Waals surface area contributed by atoms with Gasteiger partial charge in [0.15, 0.2) is 0 Å². The van der Waals surface area contributed by atoms with Crippen molar-refractivity contribution in [3.8, 4) is 0 Å². The maximum absolute atomic E-state index is 12.7. The number of carbonyl (C=O) groups is 2. The first kappa shape index (κ1) is 13.1. The second-order valence-corrected chi connectivity index (χ2v) is 5.43. The van der Waals surface area contributed by atoms with E-state index in [1.165, 1.54) is 10.5 Å². The van der Waals surface area contributed by atoms with Crippen molar-refractivity contribution in [1.29, 1.82) is 0 Å². The molecule has 5 nitrogen and oxygen atoms in total. The number of nitrogens with zero attached hydrogens (tertiary/aromatic N) is 1. The number of rotatable bonds is 4. The highest BCUT2D eigenvalue weighted by Gasteiger charge is 2.38. The van der Waals surface area contributed by atoms with Crippen LogP contribution in [-0.4, -0.2) is 41.0 Å². The number of nitrogens with one attached hydrogen (secondary N) is 1. The van der Waals surface area contributed by atoms with Crippen molar-refractivity contribution in [2.75, 3.05) is 13.1 Å². The molecule has 0 bridgehead atoms. The molecule has 5 heteroatoms. The van der Waals surface area contributed by atoms with Crippen LogP contribution in [0.15, 0.2) is 24.3 Å². The Balaban J connectivity index is 1.84. The highest BCUT2D eigenvalue weighted by Crippen LogP contribution is 2.31. The molecule has 2 aliphatic rings. The van der Waals surface area contributed by atoms with E-state index in [2.05, 4.69) is 5.32 Å². The maximum Gasteiger partial charge on any atom is 0.323 e. The number of benzene rings is 1. The quantitative estimate of drug-likeness (QED) is 0.857. The van der Waals surface area contributed by atoms with Crippen molar-refractivity contribution in [2.45, 2.75) is 31.3 Å². The van der Waals surface area contributed by atoms with Gasteiger partial charge in [0.1, 0.15) is 12.6 Å². The van der Waals surface area contributed by atoms with Crippen LogP contribution in [0.2, 0.25) is 0 Å². The van der Waals surface area contributed by atoms with Crippen LogP contribution in [0.5, 0.6) is 0 Å². The fraction of sp³-hybridized carbons (Fsp3) is 0.467. The lowest BCUT2D eigenvalue weighted by atomic mass is 9.93. The van der Waals surface area contributed by atoms with E-state index in [0.717, 1.165) is 31.4 Å². The predicted octanol–water partition coefficient (Wildman–Crippen LogP) is 0.949. The first-order valence-electron chi connectivity index (χ1n) is 7.00. The van der Waals surface area contributed by atoms with Gasteiger partial charge in [0.2, 0.25) is 5.91 Å². The number of hydrogen-bond acceptors (Lipinski definition) is 3. The van der Waals surface area contributed by atoms with Crippen LogP contribution in [0.25, 0.3) is 0 Å². The standard InChI is InChI=1S/C15H18N2O3/c18-13(19)9-17(11-5-6-11)15(20)14-12-4-2-1-3-10(12)7-8-16-14/h1-4,11,14,16H,5-9H2,(H,18,19). The van der Waals surface area contributed by atoms with Gasteiger partial charge in [0, 0.05) is 12.6 Å². The predicted molar refractivity (Wildman–Crippen MR) is 73.3 cm³/mol. The lowest BCUT2D eigenvalue weighted by Gasteiger charge is -2.31. The number of hydrogen-bond donors (Lipinski definition) is 2. The zero-order chi connectivity index (χ0) is 14.1. The van der Waals surface area contributed by atoms with Gasteiger partial charge < -0.3 is 15.3 Å². The van der Waals surface area contributed by atoms with Crippen LogP contribution >= 0.6 is 0 Å². The fourth-order valence-electron chi connectivity index (χ4n) is 2.81. The average molecular weight is 274 g/mol. The van der Waals surface area contributed by atoms with Gasteiger partial charge in [-0.25, -0.2) is 0 Å². The molecule has 1 amide bonds. The third-order valence-corrected chi connectivity index (χ3v) is 3.93. The molecular weight excluding hydrogens is 256 g/mol. The summed E-state index contributed by atoms with van der Waals surface area (Å²) < 4.78 is 0. The molecule has 2 N–H and O–H groups in total. The van der Waals surface area contributed by atoms with Gasteiger partial charge in [-0.05, 0) is 30.4 Å². The SMILES string of the molecule is O=C(O)CN(C(=O)C1NCCc2ccccc21)C1CC1. The molecule has 106 valence electrons. The number of carboxylic acid groups (broad SMARTS) is 1. The van der Waals surface area contributed by atoms with E-state index in [-0.39, 0.29) is 18.5 Å². The van der Waals surface area contributed by atoms with E-state index < -0.39 is 12.0 Å². The molecule has 1 heterocycles. The van der Waals surface area contributed by atoms with E-state index in [9.17, 15) is 9.59 Å². The van der Waals surface area contributed by atoms with Crippen LogP contribution in [-0.2, 0) is 16.0 Å². The van der Waals surface area contributed by atoms with Crippen LogP contribution in [0, 0.1) is 0 Å². The maximum atomic E-state index is 12.7. The van der Waals surface area contributed by atoms with Gasteiger partial charge in [-0.3, -0.25) is 9.59 Å². The molecule has 1 aromatic carbocycles. The third-order valence-electron chi connectivity index (χ3n) is 3.93. The Kier molecular flexibility index (Phi) is 3.44. The second-order valence-electron chi connectivity index (χ2n) is 5.43. The largest absolute Gasteiger partial charge is 0.480 e. The molecule has 3 rings (SSSR count). The van der Waals surface area contributed by atoms with Gasteiger partial charge in [-0.2, -0.15) is 0 Å². The highest BCUT2D eigenvalue weighted by molar-refractivity contribution is 5.87. The number of carbonyl (C=O) groups excluding carboxylic acids is 1. The van der Waals surface area contributed by atoms with Gasteiger partial charge in [0.25, 0.3) is 0 Å². The monoisotopic (exact) mass is 274 g/mol. The summed E-state index contributed by atoms with van der Waals surface area (Å²) in [5, 5.41) is 12.2. The van der Waals surface area contributed by atoms with Gasteiger partial charge >= 0.3 is 5.97 Å². The summed E-state index contributed by atoms with van der Waals surface area (Å²) in [6.07, 6.45) is 2.73. The Hall–Kier alpha value is -1.88. The average Bonchev–Trinajstić information content (AvgIpc) is 3.28. The molecule has 0 spiro atoms. The van der Waals surface area contributed by atoms with E-state index in [1.807, 2.05) is 24.3 Å². The number of fused-ring (bicyclic) bond motifs is 1. The molecule has 0 aromatic heterocycles. The lowest BCUT2D eigenvalue weighted by molar-refractivity contribution is -0.146. The second kappa shape index (κ2) is 5.25. The molecule has 1 fully saturated rings. The minimum Gasteiger partial charge on any atom is -0.480 e. The zero-order valence-corrected chi connectivity index (χ0v) is 11.2. The highest BCUT2D eigenvalue weighted by atomic mass is 16.4. The van der Waals surface area contributed by atoms with E-state index in [1.54, 1.807) is 0 Å². The van der Waals surface area contributed by atoms with Crippen molar-refractivity contribution in [3.63, 3.8) is 0 Å². The summed E-state index contributed by atoms with van der Waals surface area (Å²) in [4.78, 5) is 25.2. The summed E-state index contributed by atoms with van der Waals surface area (Å²) in [5.74, 6) is -1.06. The number of aliphatic carboxylic acids is 1. The third kappa shape index (κ3) is 2.54. The normalized spacial score (nSPS) is 21.1. The number of carboxylic acids is 1. The van der Waals surface area contributed by atoms with E-state index in [0.29, 0.717) is 0 Å². The fourth-order valence-corrected chi connectivity index (χ4v) is 2.81. The van der Waals surface area contributed by atoms with Crippen LogP contribution < -0.4 is 5.32 Å². The molecule has 1 aromatic rings. The first-order valence-corrected chi connectivity index (χ1v) is 7.00. The van der Waals surface area contributed by atoms with Crippen LogP contribution in [0.4, 0.5) is 0 Å². The molecule has 1 aliphatic heterocycles. The molecular formula is C15H18N2O3. The Morgan fingerprint density at radius 3 is 2.75 bits per heavy atom. The van der Waals surface area contributed by atoms with Crippen molar-refractivity contribution >= 4 is 11.9 Å². The van der Waals surface area contributed by atoms with Crippen LogP contribution in [0.1, 0.15) is 30.0 Å². The van der Waals surface area contributed by atoms with E-state index >= 15 is 0 Å². The summed E-state index contributed by atoms with van der Waals surface area (Å²) in [7, 11) is 0. The van der Waals surface area contributed by atoms with E-state index in [4.69, 9.17) is 5.11 Å². The van der Waals surface area contributed by atoms with Gasteiger partial charge in [-0.1, -0.05) is 24.3 Å². The molecule has 1 saturated carbocycles. The minimum absolute atomic E-state index is 0.106. The smallest absolute Gasteiger partial charge is 0.323 e. The molecule has 1 unspecified atom stereocenters. The van der Waals surface area contributed by atoms with Crippen molar-refractivity contribution < 1.29 is 14.7 Å². The molecule has 1 atom stereocenters. The molecule has 0 saturated heterocycles. The Labute approximate surface area is 117 Å². The van der Waals surface area contributed by atoms with Crippen molar-refractivity contribution in [2.24, 2.45) is 0 Å². The number of amides is 1. The van der Waals surface area contributed by atoms with Gasteiger partial charge in [-0.15, -0.1) is 0 Å². The molecule has 20 heavy (non-hydrogen) atoms. The van der Waals surface area contributed by atoms with Crippen LogP contribution in [0.3, 0.4) is 0 Å². The summed E-state index contributed by atoms with van der Waals surface area (Å²) in [6, 6.07) is 7.59. The summed E-state index contributed by atoms with van der Waals surface area (Å²) in [5.41, 5.74) is 2.16. The summed E-state index contributed by atoms with van der Waals surface area (Å²) in [6.45, 7) is 0.544.